The van der Waals surface area contributed by atoms with Crippen molar-refractivity contribution in [3.63, 3.8) is 0 Å². The van der Waals surface area contributed by atoms with E-state index in [-0.39, 0.29) is 5.92 Å². The minimum atomic E-state index is -0.572. The minimum absolute atomic E-state index is 0.129. The van der Waals surface area contributed by atoms with Crippen molar-refractivity contribution in [1.29, 1.82) is 0 Å². The van der Waals surface area contributed by atoms with Gasteiger partial charge in [0.05, 0.1) is 5.92 Å². The van der Waals surface area contributed by atoms with Crippen LogP contribution in [0.1, 0.15) is 58.8 Å². The minimum Gasteiger partial charge on any atom is -0.481 e. The van der Waals surface area contributed by atoms with Crippen LogP contribution in [0.4, 0.5) is 0 Å². The van der Waals surface area contributed by atoms with Gasteiger partial charge in [-0.05, 0) is 63.5 Å². The van der Waals surface area contributed by atoms with Crippen LogP contribution in [-0.4, -0.2) is 35.1 Å². The number of carbonyl (C=O) groups is 1. The van der Waals surface area contributed by atoms with E-state index in [4.69, 9.17) is 0 Å². The molecule has 3 nitrogen and oxygen atoms in total. The topological polar surface area (TPSA) is 40.5 Å². The van der Waals surface area contributed by atoms with Crippen molar-refractivity contribution in [3.8, 4) is 0 Å². The first-order valence-corrected chi connectivity index (χ1v) is 8.08. The lowest BCUT2D eigenvalue weighted by Gasteiger charge is -2.40. The zero-order chi connectivity index (χ0) is 13.8. The van der Waals surface area contributed by atoms with Crippen molar-refractivity contribution in [2.45, 2.75) is 64.8 Å². The first-order chi connectivity index (χ1) is 9.11. The van der Waals surface area contributed by atoms with Crippen LogP contribution >= 0.6 is 0 Å². The summed E-state index contributed by atoms with van der Waals surface area (Å²) in [7, 11) is 0. The van der Waals surface area contributed by atoms with Crippen molar-refractivity contribution in [2.75, 3.05) is 13.1 Å². The summed E-state index contributed by atoms with van der Waals surface area (Å²) >= 11 is 0. The smallest absolute Gasteiger partial charge is 0.308 e. The molecule has 1 N–H and O–H groups in total. The molecule has 0 aromatic heterocycles. The molecule has 0 radical (unpaired) electrons. The summed E-state index contributed by atoms with van der Waals surface area (Å²) in [6.45, 7) is 6.78. The van der Waals surface area contributed by atoms with E-state index in [1.807, 2.05) is 0 Å². The van der Waals surface area contributed by atoms with E-state index >= 15 is 0 Å². The van der Waals surface area contributed by atoms with Gasteiger partial charge >= 0.3 is 5.97 Å². The van der Waals surface area contributed by atoms with Gasteiger partial charge in [-0.3, -0.25) is 9.69 Å². The van der Waals surface area contributed by atoms with Gasteiger partial charge in [0.2, 0.25) is 0 Å². The number of aliphatic carboxylic acids is 1. The largest absolute Gasteiger partial charge is 0.481 e. The molecule has 1 aliphatic heterocycles. The fraction of sp³-hybridized carbons (Fsp3) is 0.938. The lowest BCUT2D eigenvalue weighted by atomic mass is 9.76. The molecule has 0 aromatic rings. The Balaban J connectivity index is 2.05. The van der Waals surface area contributed by atoms with Crippen molar-refractivity contribution < 1.29 is 9.90 Å². The molecule has 0 spiro atoms. The van der Waals surface area contributed by atoms with Gasteiger partial charge in [0.1, 0.15) is 0 Å². The van der Waals surface area contributed by atoms with Crippen LogP contribution in [-0.2, 0) is 4.79 Å². The number of carboxylic acid groups (broad SMARTS) is 1. The Morgan fingerprint density at radius 2 is 2.00 bits per heavy atom. The van der Waals surface area contributed by atoms with E-state index in [1.54, 1.807) is 0 Å². The van der Waals surface area contributed by atoms with Crippen molar-refractivity contribution in [1.82, 2.24) is 4.90 Å². The summed E-state index contributed by atoms with van der Waals surface area (Å²) in [6.07, 6.45) is 8.06. The van der Waals surface area contributed by atoms with Crippen LogP contribution in [0, 0.1) is 17.8 Å². The maximum atomic E-state index is 11.5. The standard InChI is InChI=1S/C16H29NO2/c1-3-13-6-7-14(16(18)19)15(11-13)17-9-4-5-12(2)8-10-17/h12-15H,3-11H2,1-2H3,(H,18,19). The highest BCUT2D eigenvalue weighted by Crippen LogP contribution is 2.35. The monoisotopic (exact) mass is 267 g/mol. The van der Waals surface area contributed by atoms with Crippen molar-refractivity contribution >= 4 is 5.97 Å². The zero-order valence-corrected chi connectivity index (χ0v) is 12.5. The second-order valence-electron chi connectivity index (χ2n) is 6.67. The third-order valence-electron chi connectivity index (χ3n) is 5.34. The zero-order valence-electron chi connectivity index (χ0n) is 12.5. The molecular formula is C16H29NO2. The van der Waals surface area contributed by atoms with Gasteiger partial charge in [-0.25, -0.2) is 0 Å². The van der Waals surface area contributed by atoms with Crippen LogP contribution in [0.5, 0.6) is 0 Å². The molecule has 4 unspecified atom stereocenters. The highest BCUT2D eigenvalue weighted by Gasteiger charge is 2.38. The van der Waals surface area contributed by atoms with E-state index in [1.165, 1.54) is 25.7 Å². The first kappa shape index (κ1) is 14.8. The molecule has 2 aliphatic rings. The summed E-state index contributed by atoms with van der Waals surface area (Å²) in [5, 5.41) is 9.49. The molecule has 2 rings (SSSR count). The van der Waals surface area contributed by atoms with Crippen LogP contribution in [0.25, 0.3) is 0 Å². The quantitative estimate of drug-likeness (QED) is 0.852. The second kappa shape index (κ2) is 6.74. The Hall–Kier alpha value is -0.570. The maximum Gasteiger partial charge on any atom is 0.308 e. The maximum absolute atomic E-state index is 11.5. The van der Waals surface area contributed by atoms with Gasteiger partial charge < -0.3 is 5.11 Å². The van der Waals surface area contributed by atoms with E-state index < -0.39 is 5.97 Å². The molecule has 0 aromatic carbocycles. The van der Waals surface area contributed by atoms with Gasteiger partial charge in [-0.2, -0.15) is 0 Å². The van der Waals surface area contributed by atoms with Crippen LogP contribution in [0.15, 0.2) is 0 Å². The molecule has 3 heteroatoms. The summed E-state index contributed by atoms with van der Waals surface area (Å²) < 4.78 is 0. The first-order valence-electron chi connectivity index (χ1n) is 8.08. The highest BCUT2D eigenvalue weighted by atomic mass is 16.4. The molecule has 110 valence electrons. The SMILES string of the molecule is CCC1CCC(C(=O)O)C(N2CCCC(C)CC2)C1. The third-order valence-corrected chi connectivity index (χ3v) is 5.34. The number of rotatable bonds is 3. The summed E-state index contributed by atoms with van der Waals surface area (Å²) in [5.74, 6) is 0.841. The number of nitrogens with zero attached hydrogens (tertiary/aromatic N) is 1. The lowest BCUT2D eigenvalue weighted by molar-refractivity contribution is -0.146. The Morgan fingerprint density at radius 3 is 2.68 bits per heavy atom. The van der Waals surface area contributed by atoms with E-state index in [0.717, 1.165) is 44.2 Å². The summed E-state index contributed by atoms with van der Waals surface area (Å²) in [5.41, 5.74) is 0. The Labute approximate surface area is 117 Å². The molecular weight excluding hydrogens is 238 g/mol. The average Bonchev–Trinajstić information content (AvgIpc) is 2.62. The number of likely N-dealkylation sites (tertiary alicyclic amines) is 1. The Bertz CT molecular complexity index is 305. The van der Waals surface area contributed by atoms with Gasteiger partial charge in [0.25, 0.3) is 0 Å². The predicted octanol–water partition coefficient (Wildman–Crippen LogP) is 3.39. The molecule has 0 bridgehead atoms. The highest BCUT2D eigenvalue weighted by molar-refractivity contribution is 5.71. The molecule has 19 heavy (non-hydrogen) atoms. The average molecular weight is 267 g/mol. The molecule has 0 amide bonds. The molecule has 4 atom stereocenters. The third kappa shape index (κ3) is 3.71. The Kier molecular flexibility index (Phi) is 5.26. The molecule has 1 saturated carbocycles. The molecule has 2 fully saturated rings. The Morgan fingerprint density at radius 1 is 1.21 bits per heavy atom. The number of hydrogen-bond donors (Lipinski definition) is 1. The van der Waals surface area contributed by atoms with Crippen LogP contribution in [0.3, 0.4) is 0 Å². The van der Waals surface area contributed by atoms with E-state index in [2.05, 4.69) is 18.7 Å². The molecule has 1 aliphatic carbocycles. The number of hydrogen-bond acceptors (Lipinski definition) is 2. The molecule has 1 heterocycles. The summed E-state index contributed by atoms with van der Waals surface area (Å²) in [6, 6.07) is 0.293. The van der Waals surface area contributed by atoms with Gasteiger partial charge in [-0.1, -0.05) is 20.3 Å². The van der Waals surface area contributed by atoms with Crippen molar-refractivity contribution in [2.24, 2.45) is 17.8 Å². The van der Waals surface area contributed by atoms with E-state index in [9.17, 15) is 9.90 Å². The molecule has 1 saturated heterocycles. The summed E-state index contributed by atoms with van der Waals surface area (Å²) in [4.78, 5) is 14.0. The lowest BCUT2D eigenvalue weighted by Crippen LogP contribution is -2.47. The second-order valence-corrected chi connectivity index (χ2v) is 6.67. The van der Waals surface area contributed by atoms with Gasteiger partial charge in [-0.15, -0.1) is 0 Å². The van der Waals surface area contributed by atoms with Gasteiger partial charge in [0.15, 0.2) is 0 Å². The fourth-order valence-electron chi connectivity index (χ4n) is 3.91. The number of carboxylic acids is 1. The fourth-order valence-corrected chi connectivity index (χ4v) is 3.91. The van der Waals surface area contributed by atoms with Gasteiger partial charge in [0, 0.05) is 6.04 Å². The predicted molar refractivity (Wildman–Crippen MR) is 77.1 cm³/mol. The van der Waals surface area contributed by atoms with Crippen LogP contribution in [0.2, 0.25) is 0 Å². The normalized spacial score (nSPS) is 37.8. The van der Waals surface area contributed by atoms with Crippen LogP contribution < -0.4 is 0 Å². The van der Waals surface area contributed by atoms with Crippen molar-refractivity contribution in [3.05, 3.63) is 0 Å². The van der Waals surface area contributed by atoms with E-state index in [0.29, 0.717) is 6.04 Å².